The van der Waals surface area contributed by atoms with Crippen molar-refractivity contribution in [1.82, 2.24) is 9.78 Å². The summed E-state index contributed by atoms with van der Waals surface area (Å²) in [6.45, 7) is 4.23. The number of phenols is 1. The first-order chi connectivity index (χ1) is 8.11. The summed E-state index contributed by atoms with van der Waals surface area (Å²) in [5.41, 5.74) is 3.18. The molecule has 0 aliphatic carbocycles. The number of nitrogens with zero attached hydrogens (tertiary/aromatic N) is 2. The number of phenolic OH excluding ortho intramolecular Hbond substituents is 1. The van der Waals surface area contributed by atoms with Crippen molar-refractivity contribution in [1.29, 1.82) is 0 Å². The van der Waals surface area contributed by atoms with Crippen LogP contribution < -0.4 is 0 Å². The topological polar surface area (TPSA) is 55.1 Å². The Bertz CT molecular complexity index is 559. The highest BCUT2D eigenvalue weighted by molar-refractivity contribution is 5.78. The van der Waals surface area contributed by atoms with Crippen LogP contribution in [0.25, 0.3) is 0 Å². The third-order valence-electron chi connectivity index (χ3n) is 2.80. The molecule has 17 heavy (non-hydrogen) atoms. The summed E-state index contributed by atoms with van der Waals surface area (Å²) in [5.74, 6) is 0.236. The minimum atomic E-state index is 0.236. The molecule has 0 amide bonds. The summed E-state index contributed by atoms with van der Waals surface area (Å²) in [4.78, 5) is 10.9. The molecule has 0 spiro atoms. The van der Waals surface area contributed by atoms with Gasteiger partial charge in [0.25, 0.3) is 0 Å². The molecule has 0 aliphatic heterocycles. The summed E-state index contributed by atoms with van der Waals surface area (Å²) in [6.07, 6.45) is 0.830. The largest absolute Gasteiger partial charge is 0.508 e. The van der Waals surface area contributed by atoms with E-state index in [1.165, 1.54) is 0 Å². The van der Waals surface area contributed by atoms with E-state index >= 15 is 0 Å². The number of hydrogen-bond acceptors (Lipinski definition) is 3. The maximum absolute atomic E-state index is 10.9. The summed E-state index contributed by atoms with van der Waals surface area (Å²) >= 11 is 0. The SMILES string of the molecule is Cc1nn(Cc2cccc(O)c2)c(C)c1C=O. The second-order valence-corrected chi connectivity index (χ2v) is 4.03. The van der Waals surface area contributed by atoms with Gasteiger partial charge in [0.2, 0.25) is 0 Å². The summed E-state index contributed by atoms with van der Waals surface area (Å²) in [7, 11) is 0. The van der Waals surface area contributed by atoms with Crippen LogP contribution in [0.4, 0.5) is 0 Å². The normalized spacial score (nSPS) is 10.5. The van der Waals surface area contributed by atoms with E-state index in [0.717, 1.165) is 23.2 Å². The lowest BCUT2D eigenvalue weighted by Crippen LogP contribution is -2.04. The second kappa shape index (κ2) is 4.41. The molecule has 1 N–H and O–H groups in total. The van der Waals surface area contributed by atoms with Crippen molar-refractivity contribution < 1.29 is 9.90 Å². The van der Waals surface area contributed by atoms with E-state index < -0.39 is 0 Å². The van der Waals surface area contributed by atoms with Gasteiger partial charge in [-0.05, 0) is 31.5 Å². The zero-order chi connectivity index (χ0) is 12.4. The van der Waals surface area contributed by atoms with Crippen molar-refractivity contribution in [3.8, 4) is 5.75 Å². The van der Waals surface area contributed by atoms with E-state index in [4.69, 9.17) is 0 Å². The van der Waals surface area contributed by atoms with Crippen molar-refractivity contribution in [2.75, 3.05) is 0 Å². The average Bonchev–Trinajstić information content (AvgIpc) is 2.54. The Morgan fingerprint density at radius 2 is 2.18 bits per heavy atom. The van der Waals surface area contributed by atoms with Crippen LogP contribution in [0.5, 0.6) is 5.75 Å². The summed E-state index contributed by atoms with van der Waals surface area (Å²) in [6, 6.07) is 7.02. The van der Waals surface area contributed by atoms with E-state index in [-0.39, 0.29) is 5.75 Å². The van der Waals surface area contributed by atoms with E-state index in [1.54, 1.807) is 22.9 Å². The van der Waals surface area contributed by atoms with Crippen molar-refractivity contribution in [2.45, 2.75) is 20.4 Å². The molecule has 0 atom stereocenters. The third-order valence-corrected chi connectivity index (χ3v) is 2.80. The fourth-order valence-electron chi connectivity index (χ4n) is 1.86. The number of aldehydes is 1. The van der Waals surface area contributed by atoms with E-state index in [0.29, 0.717) is 12.1 Å². The maximum Gasteiger partial charge on any atom is 0.153 e. The highest BCUT2D eigenvalue weighted by Crippen LogP contribution is 2.15. The fourth-order valence-corrected chi connectivity index (χ4v) is 1.86. The van der Waals surface area contributed by atoms with Crippen LogP contribution >= 0.6 is 0 Å². The third kappa shape index (κ3) is 2.20. The van der Waals surface area contributed by atoms with Crippen LogP contribution in [0.15, 0.2) is 24.3 Å². The molecule has 2 rings (SSSR count). The van der Waals surface area contributed by atoms with Gasteiger partial charge in [0, 0.05) is 5.69 Å². The van der Waals surface area contributed by atoms with Gasteiger partial charge in [0.15, 0.2) is 6.29 Å². The van der Waals surface area contributed by atoms with Crippen molar-refractivity contribution in [3.63, 3.8) is 0 Å². The highest BCUT2D eigenvalue weighted by Gasteiger charge is 2.10. The smallest absolute Gasteiger partial charge is 0.153 e. The van der Waals surface area contributed by atoms with Crippen LogP contribution in [-0.4, -0.2) is 21.2 Å². The van der Waals surface area contributed by atoms with Crippen molar-refractivity contribution in [3.05, 3.63) is 46.8 Å². The molecule has 0 fully saturated rings. The predicted octanol–water partition coefficient (Wildman–Crippen LogP) is 2.07. The molecule has 0 unspecified atom stereocenters. The standard InChI is InChI=1S/C13H14N2O2/c1-9-13(8-16)10(2)15(14-9)7-11-4-3-5-12(17)6-11/h3-6,8,17H,7H2,1-2H3. The number of benzene rings is 1. The molecule has 0 aliphatic rings. The van der Waals surface area contributed by atoms with Gasteiger partial charge >= 0.3 is 0 Å². The Morgan fingerprint density at radius 1 is 1.41 bits per heavy atom. The number of carbonyl (C=O) groups excluding carboxylic acids is 1. The molecule has 4 heteroatoms. The van der Waals surface area contributed by atoms with Crippen molar-refractivity contribution >= 4 is 6.29 Å². The van der Waals surface area contributed by atoms with Crippen LogP contribution in [0, 0.1) is 13.8 Å². The minimum Gasteiger partial charge on any atom is -0.508 e. The Balaban J connectivity index is 2.33. The lowest BCUT2D eigenvalue weighted by molar-refractivity contribution is 0.112. The lowest BCUT2D eigenvalue weighted by Gasteiger charge is -2.05. The average molecular weight is 230 g/mol. The first kappa shape index (κ1) is 11.4. The Kier molecular flexibility index (Phi) is 2.95. The first-order valence-electron chi connectivity index (χ1n) is 5.39. The zero-order valence-electron chi connectivity index (χ0n) is 9.84. The molecule has 4 nitrogen and oxygen atoms in total. The van der Waals surface area contributed by atoms with Crippen molar-refractivity contribution in [2.24, 2.45) is 0 Å². The quantitative estimate of drug-likeness (QED) is 0.821. The maximum atomic E-state index is 10.9. The molecule has 1 heterocycles. The molecule has 2 aromatic rings. The van der Waals surface area contributed by atoms with Gasteiger partial charge in [0.1, 0.15) is 5.75 Å². The Labute approximate surface area is 99.5 Å². The number of aromatic hydroxyl groups is 1. The van der Waals surface area contributed by atoms with Gasteiger partial charge in [-0.3, -0.25) is 9.48 Å². The molecule has 0 bridgehead atoms. The number of aryl methyl sites for hydroxylation is 1. The molecule has 88 valence electrons. The van der Waals surface area contributed by atoms with Gasteiger partial charge < -0.3 is 5.11 Å². The van der Waals surface area contributed by atoms with E-state index in [2.05, 4.69) is 5.10 Å². The number of rotatable bonds is 3. The van der Waals surface area contributed by atoms with Gasteiger partial charge in [-0.2, -0.15) is 5.10 Å². The predicted molar refractivity (Wildman–Crippen MR) is 64.3 cm³/mol. The first-order valence-corrected chi connectivity index (χ1v) is 5.39. The van der Waals surface area contributed by atoms with Gasteiger partial charge in [-0.25, -0.2) is 0 Å². The zero-order valence-corrected chi connectivity index (χ0v) is 9.84. The van der Waals surface area contributed by atoms with Gasteiger partial charge in [-0.1, -0.05) is 12.1 Å². The van der Waals surface area contributed by atoms with Crippen LogP contribution in [0.3, 0.4) is 0 Å². The Morgan fingerprint density at radius 3 is 2.76 bits per heavy atom. The fraction of sp³-hybridized carbons (Fsp3) is 0.231. The molecule has 0 radical (unpaired) electrons. The molecular weight excluding hydrogens is 216 g/mol. The number of aromatic nitrogens is 2. The molecule has 0 saturated heterocycles. The molecule has 0 saturated carbocycles. The van der Waals surface area contributed by atoms with Crippen LogP contribution in [-0.2, 0) is 6.54 Å². The van der Waals surface area contributed by atoms with Gasteiger partial charge in [-0.15, -0.1) is 0 Å². The Hall–Kier alpha value is -2.10. The molecular formula is C13H14N2O2. The monoisotopic (exact) mass is 230 g/mol. The van der Waals surface area contributed by atoms with Crippen LogP contribution in [0.1, 0.15) is 27.3 Å². The minimum absolute atomic E-state index is 0.236. The summed E-state index contributed by atoms with van der Waals surface area (Å²) < 4.78 is 1.77. The van der Waals surface area contributed by atoms with E-state index in [9.17, 15) is 9.90 Å². The van der Waals surface area contributed by atoms with Gasteiger partial charge in [0.05, 0.1) is 17.8 Å². The number of hydrogen-bond donors (Lipinski definition) is 1. The molecule has 1 aromatic carbocycles. The molecule has 1 aromatic heterocycles. The lowest BCUT2D eigenvalue weighted by atomic mass is 10.2. The van der Waals surface area contributed by atoms with Crippen LogP contribution in [0.2, 0.25) is 0 Å². The second-order valence-electron chi connectivity index (χ2n) is 4.03. The van der Waals surface area contributed by atoms with E-state index in [1.807, 2.05) is 19.9 Å². The summed E-state index contributed by atoms with van der Waals surface area (Å²) in [5, 5.41) is 13.7. The number of carbonyl (C=O) groups is 1. The highest BCUT2D eigenvalue weighted by atomic mass is 16.3.